The molecular formula is C12H11ClN2O2. The summed E-state index contributed by atoms with van der Waals surface area (Å²) in [6.07, 6.45) is 0. The molecule has 1 heterocycles. The van der Waals surface area contributed by atoms with E-state index in [1.165, 1.54) is 5.56 Å². The first kappa shape index (κ1) is 11.7. The van der Waals surface area contributed by atoms with E-state index in [1.54, 1.807) is 6.07 Å². The molecule has 4 nitrogen and oxygen atoms in total. The summed E-state index contributed by atoms with van der Waals surface area (Å²) in [5.74, 6) is -0.134. The normalized spacial score (nSPS) is 10.2. The molecule has 0 radical (unpaired) electrons. The highest BCUT2D eigenvalue weighted by molar-refractivity contribution is 6.28. The summed E-state index contributed by atoms with van der Waals surface area (Å²) in [5.41, 5.74) is 2.79. The molecule has 0 spiro atoms. The zero-order valence-electron chi connectivity index (χ0n) is 9.24. The fourth-order valence-corrected chi connectivity index (χ4v) is 1.43. The van der Waals surface area contributed by atoms with Crippen LogP contribution in [0.25, 0.3) is 11.3 Å². The van der Waals surface area contributed by atoms with Crippen LogP contribution in [0.5, 0.6) is 0 Å². The van der Waals surface area contributed by atoms with Crippen molar-refractivity contribution in [2.45, 2.75) is 6.92 Å². The van der Waals surface area contributed by atoms with Crippen molar-refractivity contribution in [1.82, 2.24) is 5.16 Å². The van der Waals surface area contributed by atoms with Crippen LogP contribution < -0.4 is 5.32 Å². The number of carbonyl (C=O) groups is 1. The van der Waals surface area contributed by atoms with Crippen LogP contribution in [0.2, 0.25) is 0 Å². The zero-order chi connectivity index (χ0) is 12.3. The number of aryl methyl sites for hydroxylation is 1. The average Bonchev–Trinajstić information content (AvgIpc) is 2.78. The number of amides is 1. The molecule has 0 fully saturated rings. The number of alkyl halides is 1. The van der Waals surface area contributed by atoms with E-state index in [-0.39, 0.29) is 11.8 Å². The summed E-state index contributed by atoms with van der Waals surface area (Å²) >= 11 is 5.37. The second kappa shape index (κ2) is 5.01. The van der Waals surface area contributed by atoms with Gasteiger partial charge in [0, 0.05) is 11.6 Å². The third kappa shape index (κ3) is 2.85. The van der Waals surface area contributed by atoms with Gasteiger partial charge >= 0.3 is 0 Å². The first-order valence-electron chi connectivity index (χ1n) is 5.08. The van der Waals surface area contributed by atoms with Crippen LogP contribution in [0.1, 0.15) is 5.56 Å². The smallest absolute Gasteiger partial charge is 0.241 e. The van der Waals surface area contributed by atoms with Gasteiger partial charge in [-0.05, 0) is 6.92 Å². The molecule has 0 aliphatic carbocycles. The van der Waals surface area contributed by atoms with Crippen LogP contribution in [0.4, 0.5) is 5.88 Å². The van der Waals surface area contributed by atoms with E-state index in [0.29, 0.717) is 11.6 Å². The number of nitrogens with one attached hydrogen (secondary N) is 1. The largest absolute Gasteiger partial charge is 0.338 e. The van der Waals surface area contributed by atoms with Gasteiger partial charge in [-0.2, -0.15) is 0 Å². The number of hydrogen-bond donors (Lipinski definition) is 1. The molecule has 1 aromatic carbocycles. The zero-order valence-corrected chi connectivity index (χ0v) is 9.99. The van der Waals surface area contributed by atoms with Crippen LogP contribution in [0, 0.1) is 6.92 Å². The van der Waals surface area contributed by atoms with Crippen molar-refractivity contribution in [1.29, 1.82) is 0 Å². The fourth-order valence-electron chi connectivity index (χ4n) is 1.37. The lowest BCUT2D eigenvalue weighted by atomic mass is 10.1. The van der Waals surface area contributed by atoms with Crippen molar-refractivity contribution in [2.75, 3.05) is 11.2 Å². The van der Waals surface area contributed by atoms with Crippen LogP contribution in [-0.2, 0) is 4.79 Å². The highest BCUT2D eigenvalue weighted by Crippen LogP contribution is 2.21. The predicted molar refractivity (Wildman–Crippen MR) is 66.0 cm³/mol. The Kier molecular flexibility index (Phi) is 3.44. The molecule has 1 aromatic heterocycles. The molecule has 0 unspecified atom stereocenters. The van der Waals surface area contributed by atoms with Crippen molar-refractivity contribution in [2.24, 2.45) is 0 Å². The quantitative estimate of drug-likeness (QED) is 0.853. The summed E-state index contributed by atoms with van der Waals surface area (Å²) in [5, 5.41) is 6.36. The Labute approximate surface area is 104 Å². The van der Waals surface area contributed by atoms with E-state index in [0.717, 1.165) is 5.56 Å². The summed E-state index contributed by atoms with van der Waals surface area (Å²) in [4.78, 5) is 11.0. The monoisotopic (exact) mass is 250 g/mol. The lowest BCUT2D eigenvalue weighted by Crippen LogP contribution is -2.11. The van der Waals surface area contributed by atoms with Crippen LogP contribution in [-0.4, -0.2) is 16.9 Å². The Morgan fingerprint density at radius 3 is 2.76 bits per heavy atom. The highest BCUT2D eigenvalue weighted by Gasteiger charge is 2.08. The third-order valence-electron chi connectivity index (χ3n) is 2.24. The van der Waals surface area contributed by atoms with Gasteiger partial charge in [0.15, 0.2) is 0 Å². The maximum Gasteiger partial charge on any atom is 0.241 e. The number of nitrogens with zero attached hydrogens (tertiary/aromatic N) is 1. The molecule has 0 aliphatic rings. The minimum atomic E-state index is -0.321. The lowest BCUT2D eigenvalue weighted by molar-refractivity contribution is -0.114. The van der Waals surface area contributed by atoms with Gasteiger partial charge in [0.1, 0.15) is 11.6 Å². The average molecular weight is 251 g/mol. The van der Waals surface area contributed by atoms with E-state index >= 15 is 0 Å². The SMILES string of the molecule is Cc1ccc(-c2cc(NC(=O)CCl)on2)cc1. The van der Waals surface area contributed by atoms with Crippen molar-refractivity contribution in [3.05, 3.63) is 35.9 Å². The Morgan fingerprint density at radius 2 is 2.12 bits per heavy atom. The van der Waals surface area contributed by atoms with Crippen LogP contribution >= 0.6 is 11.6 Å². The molecule has 17 heavy (non-hydrogen) atoms. The number of halogens is 1. The Bertz CT molecular complexity index is 520. The summed E-state index contributed by atoms with van der Waals surface area (Å²) in [7, 11) is 0. The maximum atomic E-state index is 11.0. The standard InChI is InChI=1S/C12H11ClN2O2/c1-8-2-4-9(5-3-8)10-6-12(17-15-10)14-11(16)7-13/h2-6H,7H2,1H3,(H,14,16). The molecule has 88 valence electrons. The molecule has 0 bridgehead atoms. The Balaban J connectivity index is 2.18. The van der Waals surface area contributed by atoms with E-state index in [4.69, 9.17) is 16.1 Å². The number of rotatable bonds is 3. The van der Waals surface area contributed by atoms with Crippen molar-refractivity contribution in [3.8, 4) is 11.3 Å². The van der Waals surface area contributed by atoms with Crippen molar-refractivity contribution >= 4 is 23.4 Å². The van der Waals surface area contributed by atoms with Crippen LogP contribution in [0.3, 0.4) is 0 Å². The number of carbonyl (C=O) groups excluding carboxylic acids is 1. The van der Waals surface area contributed by atoms with Crippen molar-refractivity contribution < 1.29 is 9.32 Å². The molecule has 0 saturated heterocycles. The minimum Gasteiger partial charge on any atom is -0.338 e. The van der Waals surface area contributed by atoms with Gasteiger partial charge in [-0.15, -0.1) is 11.6 Å². The van der Waals surface area contributed by atoms with Gasteiger partial charge in [0.05, 0.1) is 0 Å². The molecule has 0 atom stereocenters. The molecule has 0 saturated carbocycles. The van der Waals surface area contributed by atoms with E-state index in [9.17, 15) is 4.79 Å². The summed E-state index contributed by atoms with van der Waals surface area (Å²) < 4.78 is 4.98. The van der Waals surface area contributed by atoms with Gasteiger partial charge < -0.3 is 4.52 Å². The van der Waals surface area contributed by atoms with Gasteiger partial charge in [0.25, 0.3) is 0 Å². The molecule has 2 rings (SSSR count). The first-order valence-corrected chi connectivity index (χ1v) is 5.62. The molecule has 2 aromatic rings. The Hall–Kier alpha value is -1.81. The summed E-state index contributed by atoms with van der Waals surface area (Å²) in [6, 6.07) is 9.53. The van der Waals surface area contributed by atoms with Gasteiger partial charge in [-0.1, -0.05) is 35.0 Å². The minimum absolute atomic E-state index is 0.111. The molecular weight excluding hydrogens is 240 g/mol. The Morgan fingerprint density at radius 1 is 1.41 bits per heavy atom. The number of benzene rings is 1. The first-order chi connectivity index (χ1) is 8.19. The lowest BCUT2D eigenvalue weighted by Gasteiger charge is -1.95. The second-order valence-electron chi connectivity index (χ2n) is 3.62. The maximum absolute atomic E-state index is 11.0. The molecule has 5 heteroatoms. The predicted octanol–water partition coefficient (Wildman–Crippen LogP) is 2.83. The van der Waals surface area contributed by atoms with Gasteiger partial charge in [-0.25, -0.2) is 0 Å². The van der Waals surface area contributed by atoms with Gasteiger partial charge in [0.2, 0.25) is 11.8 Å². The van der Waals surface area contributed by atoms with Crippen molar-refractivity contribution in [3.63, 3.8) is 0 Å². The third-order valence-corrected chi connectivity index (χ3v) is 2.48. The topological polar surface area (TPSA) is 55.1 Å². The van der Waals surface area contributed by atoms with E-state index < -0.39 is 0 Å². The fraction of sp³-hybridized carbons (Fsp3) is 0.167. The highest BCUT2D eigenvalue weighted by atomic mass is 35.5. The second-order valence-corrected chi connectivity index (χ2v) is 3.89. The van der Waals surface area contributed by atoms with E-state index in [1.807, 2.05) is 31.2 Å². The molecule has 0 aliphatic heterocycles. The van der Waals surface area contributed by atoms with E-state index in [2.05, 4.69) is 10.5 Å². The number of aromatic nitrogens is 1. The number of hydrogen-bond acceptors (Lipinski definition) is 3. The summed E-state index contributed by atoms with van der Waals surface area (Å²) in [6.45, 7) is 2.01. The molecule has 1 amide bonds. The number of anilines is 1. The molecule has 1 N–H and O–H groups in total. The van der Waals surface area contributed by atoms with Gasteiger partial charge in [-0.3, -0.25) is 10.1 Å². The van der Waals surface area contributed by atoms with Crippen LogP contribution in [0.15, 0.2) is 34.9 Å².